The molecule has 0 spiro atoms. The fraction of sp³-hybridized carbons (Fsp3) is 0.435. The Hall–Kier alpha value is -2.09. The van der Waals surface area contributed by atoms with E-state index < -0.39 is 0 Å². The van der Waals surface area contributed by atoms with Gasteiger partial charge >= 0.3 is 5.97 Å². The van der Waals surface area contributed by atoms with E-state index in [9.17, 15) is 4.79 Å². The molecule has 136 valence electrons. The number of aryl methyl sites for hydroxylation is 1. The van der Waals surface area contributed by atoms with E-state index in [1.807, 2.05) is 24.3 Å². The summed E-state index contributed by atoms with van der Waals surface area (Å²) in [4.78, 5) is 10.7. The monoisotopic (exact) mass is 340 g/mol. The molecule has 0 radical (unpaired) electrons. The van der Waals surface area contributed by atoms with Crippen molar-refractivity contribution in [1.29, 1.82) is 0 Å². The van der Waals surface area contributed by atoms with Crippen molar-refractivity contribution in [3.05, 3.63) is 65.2 Å². The van der Waals surface area contributed by atoms with Crippen LogP contribution in [0.15, 0.2) is 48.5 Å². The maximum absolute atomic E-state index is 10.7. The van der Waals surface area contributed by atoms with Crippen LogP contribution in [0.1, 0.15) is 65.2 Å². The Morgan fingerprint density at radius 2 is 1.08 bits per heavy atom. The number of rotatable bonds is 1. The first-order chi connectivity index (χ1) is 11.4. The predicted octanol–water partition coefficient (Wildman–Crippen LogP) is 6.20. The van der Waals surface area contributed by atoms with Crippen molar-refractivity contribution >= 4 is 5.97 Å². The molecule has 0 aromatic heterocycles. The predicted molar refractivity (Wildman–Crippen MR) is 106 cm³/mol. The van der Waals surface area contributed by atoms with E-state index in [0.717, 1.165) is 0 Å². The van der Waals surface area contributed by atoms with Gasteiger partial charge < -0.3 is 4.74 Å². The van der Waals surface area contributed by atoms with Crippen molar-refractivity contribution in [3.8, 4) is 5.75 Å². The summed E-state index contributed by atoms with van der Waals surface area (Å²) in [5.41, 5.74) is 4.39. The summed E-state index contributed by atoms with van der Waals surface area (Å²) in [7, 11) is 0. The smallest absolute Gasteiger partial charge is 0.308 e. The van der Waals surface area contributed by atoms with E-state index in [2.05, 4.69) is 72.7 Å². The normalized spacial score (nSPS) is 11.4. The summed E-state index contributed by atoms with van der Waals surface area (Å²) in [6, 6.07) is 16.4. The first-order valence-electron chi connectivity index (χ1n) is 8.76. The molecule has 0 aliphatic carbocycles. The summed E-state index contributed by atoms with van der Waals surface area (Å²) in [5.74, 6) is 0.319. The molecule has 25 heavy (non-hydrogen) atoms. The quantitative estimate of drug-likeness (QED) is 0.456. The highest BCUT2D eigenvalue weighted by atomic mass is 16.5. The molecule has 0 heterocycles. The fourth-order valence-corrected chi connectivity index (χ4v) is 2.24. The van der Waals surface area contributed by atoms with Crippen LogP contribution in [-0.4, -0.2) is 5.97 Å². The van der Waals surface area contributed by atoms with Crippen molar-refractivity contribution in [2.75, 3.05) is 0 Å². The Labute approximate surface area is 153 Å². The van der Waals surface area contributed by atoms with E-state index in [1.54, 1.807) is 0 Å². The highest BCUT2D eigenvalue weighted by Crippen LogP contribution is 2.24. The van der Waals surface area contributed by atoms with E-state index in [4.69, 9.17) is 4.74 Å². The molecule has 0 bridgehead atoms. The van der Waals surface area contributed by atoms with Crippen LogP contribution in [0.25, 0.3) is 0 Å². The molecule has 2 rings (SSSR count). The number of ether oxygens (including phenoxy) is 1. The SMILES string of the molecule is CC(=O)Oc1ccc(C(C)(C)C)cc1.Cc1ccc(C(C)(C)C)cc1. The largest absolute Gasteiger partial charge is 0.427 e. The Morgan fingerprint density at radius 3 is 1.40 bits per heavy atom. The van der Waals surface area contributed by atoms with Crippen molar-refractivity contribution in [1.82, 2.24) is 0 Å². The van der Waals surface area contributed by atoms with Gasteiger partial charge in [0.05, 0.1) is 0 Å². The highest BCUT2D eigenvalue weighted by molar-refractivity contribution is 5.69. The van der Waals surface area contributed by atoms with Crippen LogP contribution >= 0.6 is 0 Å². The minimum absolute atomic E-state index is 0.134. The molecule has 0 atom stereocenters. The molecule has 0 saturated carbocycles. The average molecular weight is 341 g/mol. The Bertz CT molecular complexity index is 666. The Kier molecular flexibility index (Phi) is 6.98. The lowest BCUT2D eigenvalue weighted by Crippen LogP contribution is -2.10. The van der Waals surface area contributed by atoms with Crippen molar-refractivity contribution in [2.45, 2.75) is 66.2 Å². The molecule has 0 unspecified atom stereocenters. The zero-order chi connectivity index (χ0) is 19.3. The molecule has 0 amide bonds. The van der Waals surface area contributed by atoms with Crippen LogP contribution < -0.4 is 4.74 Å². The van der Waals surface area contributed by atoms with Gasteiger partial charge in [-0.05, 0) is 41.0 Å². The molecule has 2 nitrogen and oxygen atoms in total. The number of esters is 1. The van der Waals surface area contributed by atoms with Crippen molar-refractivity contribution < 1.29 is 9.53 Å². The van der Waals surface area contributed by atoms with Gasteiger partial charge in [-0.15, -0.1) is 0 Å². The van der Waals surface area contributed by atoms with Gasteiger partial charge in [0.25, 0.3) is 0 Å². The lowest BCUT2D eigenvalue weighted by Gasteiger charge is -2.18. The minimum atomic E-state index is -0.284. The molecule has 0 aliphatic heterocycles. The number of benzene rings is 2. The van der Waals surface area contributed by atoms with Crippen LogP contribution in [0.5, 0.6) is 5.75 Å². The van der Waals surface area contributed by atoms with Gasteiger partial charge in [0.15, 0.2) is 0 Å². The van der Waals surface area contributed by atoms with E-state index >= 15 is 0 Å². The molecule has 0 fully saturated rings. The third-order valence-corrected chi connectivity index (χ3v) is 3.90. The zero-order valence-electron chi connectivity index (χ0n) is 16.9. The third-order valence-electron chi connectivity index (χ3n) is 3.90. The maximum Gasteiger partial charge on any atom is 0.308 e. The summed E-state index contributed by atoms with van der Waals surface area (Å²) in [6.07, 6.45) is 0. The van der Waals surface area contributed by atoms with Gasteiger partial charge in [0, 0.05) is 6.92 Å². The van der Waals surface area contributed by atoms with E-state index in [1.165, 1.54) is 23.6 Å². The molecule has 2 heteroatoms. The fourth-order valence-electron chi connectivity index (χ4n) is 2.24. The number of carbonyl (C=O) groups excluding carboxylic acids is 1. The second-order valence-electron chi connectivity index (χ2n) is 8.48. The number of hydrogen-bond acceptors (Lipinski definition) is 2. The number of hydrogen-bond donors (Lipinski definition) is 0. The van der Waals surface area contributed by atoms with Crippen LogP contribution in [0.2, 0.25) is 0 Å². The van der Waals surface area contributed by atoms with Gasteiger partial charge in [-0.25, -0.2) is 0 Å². The van der Waals surface area contributed by atoms with Crippen LogP contribution in [-0.2, 0) is 15.6 Å². The average Bonchev–Trinajstić information content (AvgIpc) is 2.46. The second kappa shape index (κ2) is 8.33. The van der Waals surface area contributed by atoms with Crippen LogP contribution in [0.3, 0.4) is 0 Å². The molecule has 0 saturated heterocycles. The van der Waals surface area contributed by atoms with Gasteiger partial charge in [0.2, 0.25) is 0 Å². The highest BCUT2D eigenvalue weighted by Gasteiger charge is 2.13. The standard InChI is InChI=1S/C12H16O2.C11H16/c1-9(13)14-11-7-5-10(6-8-11)12(2,3)4;1-9-5-7-10(8-6-9)11(2,3)4/h5-8H,1-4H3;5-8H,1-4H3. The maximum atomic E-state index is 10.7. The molecular formula is C23H32O2. The molecule has 0 N–H and O–H groups in total. The van der Waals surface area contributed by atoms with E-state index in [-0.39, 0.29) is 16.8 Å². The molecule has 2 aromatic rings. The van der Waals surface area contributed by atoms with Crippen LogP contribution in [0.4, 0.5) is 0 Å². The minimum Gasteiger partial charge on any atom is -0.427 e. The van der Waals surface area contributed by atoms with E-state index in [0.29, 0.717) is 5.75 Å². The molecular weight excluding hydrogens is 308 g/mol. The molecule has 2 aromatic carbocycles. The number of carbonyl (C=O) groups is 1. The summed E-state index contributed by atoms with van der Waals surface area (Å²) in [5, 5.41) is 0. The Balaban J connectivity index is 0.000000257. The van der Waals surface area contributed by atoms with Crippen molar-refractivity contribution in [3.63, 3.8) is 0 Å². The van der Waals surface area contributed by atoms with Gasteiger partial charge in [-0.1, -0.05) is 83.5 Å². The first-order valence-corrected chi connectivity index (χ1v) is 8.76. The van der Waals surface area contributed by atoms with Gasteiger partial charge in [0.1, 0.15) is 5.75 Å². The Morgan fingerprint density at radius 1 is 0.720 bits per heavy atom. The van der Waals surface area contributed by atoms with Crippen molar-refractivity contribution in [2.24, 2.45) is 0 Å². The third kappa shape index (κ3) is 7.55. The topological polar surface area (TPSA) is 26.3 Å². The van der Waals surface area contributed by atoms with Crippen LogP contribution in [0, 0.1) is 6.92 Å². The lowest BCUT2D eigenvalue weighted by atomic mass is 9.87. The zero-order valence-corrected chi connectivity index (χ0v) is 16.9. The van der Waals surface area contributed by atoms with Gasteiger partial charge in [-0.2, -0.15) is 0 Å². The first kappa shape index (κ1) is 21.0. The van der Waals surface area contributed by atoms with Gasteiger partial charge in [-0.3, -0.25) is 4.79 Å². The molecule has 0 aliphatic rings. The summed E-state index contributed by atoms with van der Waals surface area (Å²) >= 11 is 0. The second-order valence-corrected chi connectivity index (χ2v) is 8.48. The lowest BCUT2D eigenvalue weighted by molar-refractivity contribution is -0.131. The summed E-state index contributed by atoms with van der Waals surface area (Å²) in [6.45, 7) is 16.7. The summed E-state index contributed by atoms with van der Waals surface area (Å²) < 4.78 is 4.94.